The molecule has 0 bridgehead atoms. The van der Waals surface area contributed by atoms with Crippen molar-refractivity contribution in [3.8, 4) is 22.2 Å². The molecule has 7 nitrogen and oxygen atoms in total. The molecule has 3 heterocycles. The number of benzene rings is 1. The molecule has 2 N–H and O–H groups in total. The second kappa shape index (κ2) is 8.56. The number of carbonyl (C=O) groups excluding carboxylic acids is 1. The monoisotopic (exact) mass is 450 g/mol. The average molecular weight is 451 g/mol. The summed E-state index contributed by atoms with van der Waals surface area (Å²) in [5.41, 5.74) is 0.964. The third-order valence-electron chi connectivity index (χ3n) is 4.58. The first-order chi connectivity index (χ1) is 14.0. The molecule has 152 valence electrons. The zero-order valence-corrected chi connectivity index (χ0v) is 18.0. The number of halogens is 1. The van der Waals surface area contributed by atoms with Crippen LogP contribution in [0.25, 0.3) is 10.7 Å². The number of rotatable bonds is 6. The van der Waals surface area contributed by atoms with Gasteiger partial charge in [0.2, 0.25) is 5.91 Å². The lowest BCUT2D eigenvalue weighted by Crippen LogP contribution is -2.32. The van der Waals surface area contributed by atoms with Crippen molar-refractivity contribution in [2.75, 3.05) is 19.8 Å². The zero-order chi connectivity index (χ0) is 20.4. The fraction of sp³-hybridized carbons (Fsp3) is 0.316. The van der Waals surface area contributed by atoms with Gasteiger partial charge in [0.25, 0.3) is 0 Å². The van der Waals surface area contributed by atoms with Gasteiger partial charge in [0.15, 0.2) is 22.1 Å². The van der Waals surface area contributed by atoms with E-state index in [0.717, 1.165) is 10.4 Å². The number of aromatic amines is 1. The number of hydrogen-bond donors (Lipinski definition) is 2. The quantitative estimate of drug-likeness (QED) is 0.554. The molecule has 1 atom stereocenters. The van der Waals surface area contributed by atoms with E-state index in [2.05, 4.69) is 15.5 Å². The van der Waals surface area contributed by atoms with Crippen LogP contribution in [0.2, 0.25) is 5.02 Å². The van der Waals surface area contributed by atoms with Crippen LogP contribution >= 0.6 is 35.2 Å². The highest BCUT2D eigenvalue weighted by Crippen LogP contribution is 2.38. The summed E-state index contributed by atoms with van der Waals surface area (Å²) in [6.07, 6.45) is 0.614. The number of carbonyl (C=O) groups is 1. The SMILES string of the molecule is CC(C(=O)NCCc1cc(Cl)c2c(c1)OCCO2)n1c(-c2cccs2)n[nH]c1=S. The standard InChI is InChI=1S/C19H19ClN4O3S2/c1-11(24-17(22-23-19(24)28)15-3-2-8-29-15)18(25)21-5-4-12-9-13(20)16-14(10-12)26-6-7-27-16/h2-3,8-11H,4-7H2,1H3,(H,21,25)(H,23,28). The summed E-state index contributed by atoms with van der Waals surface area (Å²) in [7, 11) is 0. The number of ether oxygens (including phenoxy) is 2. The maximum atomic E-state index is 12.7. The lowest BCUT2D eigenvalue weighted by Gasteiger charge is -2.20. The molecule has 0 spiro atoms. The van der Waals surface area contributed by atoms with E-state index in [0.29, 0.717) is 53.3 Å². The van der Waals surface area contributed by atoms with E-state index in [1.54, 1.807) is 22.8 Å². The highest BCUT2D eigenvalue weighted by molar-refractivity contribution is 7.71. The van der Waals surface area contributed by atoms with Crippen LogP contribution in [0.3, 0.4) is 0 Å². The van der Waals surface area contributed by atoms with E-state index in [4.69, 9.17) is 33.3 Å². The number of hydrogen-bond acceptors (Lipinski definition) is 6. The van der Waals surface area contributed by atoms with Crippen LogP contribution in [0.4, 0.5) is 0 Å². The van der Waals surface area contributed by atoms with Gasteiger partial charge in [-0.2, -0.15) is 5.10 Å². The van der Waals surface area contributed by atoms with E-state index in [1.165, 1.54) is 0 Å². The Morgan fingerprint density at radius 3 is 3.07 bits per heavy atom. The molecule has 1 aromatic carbocycles. The van der Waals surface area contributed by atoms with Crippen molar-refractivity contribution in [2.45, 2.75) is 19.4 Å². The average Bonchev–Trinajstić information content (AvgIpc) is 3.37. The molecule has 4 rings (SSSR count). The molecular formula is C19H19ClN4O3S2. The highest BCUT2D eigenvalue weighted by atomic mass is 35.5. The van der Waals surface area contributed by atoms with Crippen LogP contribution in [0, 0.1) is 4.77 Å². The number of nitrogens with zero attached hydrogens (tertiary/aromatic N) is 2. The molecule has 1 aliphatic rings. The Hall–Kier alpha value is -2.36. The molecule has 0 fully saturated rings. The van der Waals surface area contributed by atoms with Gasteiger partial charge in [-0.15, -0.1) is 11.3 Å². The summed E-state index contributed by atoms with van der Waals surface area (Å²) < 4.78 is 13.3. The number of amides is 1. The number of nitrogens with one attached hydrogen (secondary N) is 2. The third kappa shape index (κ3) is 4.17. The van der Waals surface area contributed by atoms with Gasteiger partial charge in [0.1, 0.15) is 19.3 Å². The fourth-order valence-electron chi connectivity index (χ4n) is 3.15. The second-order valence-electron chi connectivity index (χ2n) is 6.52. The van der Waals surface area contributed by atoms with Gasteiger partial charge >= 0.3 is 0 Å². The van der Waals surface area contributed by atoms with Gasteiger partial charge in [-0.25, -0.2) is 0 Å². The summed E-state index contributed by atoms with van der Waals surface area (Å²) in [6, 6.07) is 7.12. The Kier molecular flexibility index (Phi) is 5.89. The Morgan fingerprint density at radius 2 is 2.28 bits per heavy atom. The molecule has 1 aliphatic heterocycles. The van der Waals surface area contributed by atoms with Crippen molar-refractivity contribution >= 4 is 41.1 Å². The van der Waals surface area contributed by atoms with E-state index in [-0.39, 0.29) is 5.91 Å². The Bertz CT molecular complexity index is 1080. The van der Waals surface area contributed by atoms with Crippen LogP contribution in [0.1, 0.15) is 18.5 Å². The van der Waals surface area contributed by atoms with Gasteiger partial charge in [0.05, 0.1) is 9.90 Å². The van der Waals surface area contributed by atoms with Crippen molar-refractivity contribution in [3.05, 3.63) is 45.0 Å². The van der Waals surface area contributed by atoms with Gasteiger partial charge in [-0.3, -0.25) is 14.5 Å². The summed E-state index contributed by atoms with van der Waals surface area (Å²) in [5.74, 6) is 1.74. The van der Waals surface area contributed by atoms with Crippen LogP contribution in [0.15, 0.2) is 29.6 Å². The molecule has 29 heavy (non-hydrogen) atoms. The van der Waals surface area contributed by atoms with E-state index >= 15 is 0 Å². The molecule has 0 radical (unpaired) electrons. The lowest BCUT2D eigenvalue weighted by molar-refractivity contribution is -0.123. The number of fused-ring (bicyclic) bond motifs is 1. The first-order valence-corrected chi connectivity index (χ1v) is 10.8. The number of H-pyrrole nitrogens is 1. The van der Waals surface area contributed by atoms with E-state index < -0.39 is 6.04 Å². The minimum Gasteiger partial charge on any atom is -0.486 e. The van der Waals surface area contributed by atoms with E-state index in [1.807, 2.05) is 29.6 Å². The minimum atomic E-state index is -0.498. The topological polar surface area (TPSA) is 81.2 Å². The maximum Gasteiger partial charge on any atom is 0.242 e. The number of thiophene rings is 1. The predicted molar refractivity (Wildman–Crippen MR) is 115 cm³/mol. The van der Waals surface area contributed by atoms with Crippen molar-refractivity contribution < 1.29 is 14.3 Å². The Labute approximate surface area is 181 Å². The molecule has 0 aliphatic carbocycles. The van der Waals surface area contributed by atoms with E-state index in [9.17, 15) is 4.79 Å². The molecule has 3 aromatic rings. The van der Waals surface area contributed by atoms with Crippen molar-refractivity contribution in [3.63, 3.8) is 0 Å². The highest BCUT2D eigenvalue weighted by Gasteiger charge is 2.21. The minimum absolute atomic E-state index is 0.135. The van der Waals surface area contributed by atoms with Crippen LogP contribution < -0.4 is 14.8 Å². The van der Waals surface area contributed by atoms with Gasteiger partial charge in [0, 0.05) is 6.54 Å². The molecule has 1 amide bonds. The zero-order valence-electron chi connectivity index (χ0n) is 15.6. The van der Waals surface area contributed by atoms with Gasteiger partial charge < -0.3 is 14.8 Å². The summed E-state index contributed by atoms with van der Waals surface area (Å²) in [6.45, 7) is 3.25. The Morgan fingerprint density at radius 1 is 1.45 bits per heavy atom. The molecule has 0 saturated heterocycles. The first kappa shape index (κ1) is 19.9. The molecular weight excluding hydrogens is 432 g/mol. The van der Waals surface area contributed by atoms with Crippen LogP contribution in [0.5, 0.6) is 11.5 Å². The van der Waals surface area contributed by atoms with Crippen LogP contribution in [-0.4, -0.2) is 40.4 Å². The normalized spacial score (nSPS) is 13.9. The summed E-state index contributed by atoms with van der Waals surface area (Å²) in [4.78, 5) is 13.7. The maximum absolute atomic E-state index is 12.7. The molecule has 10 heteroatoms. The smallest absolute Gasteiger partial charge is 0.242 e. The molecule has 1 unspecified atom stereocenters. The largest absolute Gasteiger partial charge is 0.486 e. The predicted octanol–water partition coefficient (Wildman–Crippen LogP) is 4.01. The van der Waals surface area contributed by atoms with Gasteiger partial charge in [-0.05, 0) is 54.7 Å². The lowest BCUT2D eigenvalue weighted by atomic mass is 10.1. The summed E-state index contributed by atoms with van der Waals surface area (Å²) >= 11 is 13.1. The number of aromatic nitrogens is 3. The van der Waals surface area contributed by atoms with Crippen molar-refractivity contribution in [1.82, 2.24) is 20.1 Å². The first-order valence-electron chi connectivity index (χ1n) is 9.11. The van der Waals surface area contributed by atoms with Crippen LogP contribution in [-0.2, 0) is 11.2 Å². The molecule has 2 aromatic heterocycles. The molecule has 0 saturated carbocycles. The Balaban J connectivity index is 1.41. The van der Waals surface area contributed by atoms with Gasteiger partial charge in [-0.1, -0.05) is 17.7 Å². The summed E-state index contributed by atoms with van der Waals surface area (Å²) in [5, 5.41) is 12.5. The van der Waals surface area contributed by atoms with Crippen molar-refractivity contribution in [1.29, 1.82) is 0 Å². The fourth-order valence-corrected chi connectivity index (χ4v) is 4.44. The van der Waals surface area contributed by atoms with Crippen molar-refractivity contribution in [2.24, 2.45) is 0 Å². The second-order valence-corrected chi connectivity index (χ2v) is 8.26. The third-order valence-corrected chi connectivity index (χ3v) is 6.02.